The quantitative estimate of drug-likeness (QED) is 0.482. The topological polar surface area (TPSA) is 62.1 Å². The molecule has 29 heavy (non-hydrogen) atoms. The van der Waals surface area contributed by atoms with Crippen LogP contribution in [0.3, 0.4) is 0 Å². The summed E-state index contributed by atoms with van der Waals surface area (Å²) in [5, 5.41) is 5.11. The predicted octanol–water partition coefficient (Wildman–Crippen LogP) is 4.44. The second-order valence-electron chi connectivity index (χ2n) is 6.32. The third-order valence-corrected chi connectivity index (χ3v) is 4.53. The monoisotopic (exact) mass is 396 g/mol. The van der Waals surface area contributed by atoms with Crippen molar-refractivity contribution in [2.75, 3.05) is 14.2 Å². The molecule has 0 radical (unpaired) electrons. The minimum absolute atomic E-state index is 0.500. The number of rotatable bonds is 6. The molecular formula is C21H18F2N4O2. The zero-order valence-electron chi connectivity index (χ0n) is 15.8. The fourth-order valence-corrected chi connectivity index (χ4v) is 3.24. The van der Waals surface area contributed by atoms with Gasteiger partial charge in [0.2, 0.25) is 0 Å². The highest BCUT2D eigenvalue weighted by molar-refractivity contribution is 5.97. The summed E-state index contributed by atoms with van der Waals surface area (Å²) < 4.78 is 38.0. The van der Waals surface area contributed by atoms with E-state index >= 15 is 0 Å². The van der Waals surface area contributed by atoms with Crippen LogP contribution in [0.2, 0.25) is 0 Å². The molecule has 6 nitrogen and oxygen atoms in total. The van der Waals surface area contributed by atoms with E-state index in [-0.39, 0.29) is 0 Å². The van der Waals surface area contributed by atoms with Crippen molar-refractivity contribution in [2.45, 2.75) is 13.0 Å². The Labute approximate surface area is 165 Å². The minimum atomic E-state index is -2.52. The van der Waals surface area contributed by atoms with Crippen LogP contribution in [0.1, 0.15) is 0 Å². The molecule has 2 aromatic heterocycles. The van der Waals surface area contributed by atoms with Crippen molar-refractivity contribution >= 4 is 10.9 Å². The Morgan fingerprint density at radius 2 is 1.69 bits per heavy atom. The largest absolute Gasteiger partial charge is 0.493 e. The van der Waals surface area contributed by atoms with Gasteiger partial charge in [-0.05, 0) is 6.07 Å². The number of alkyl halides is 2. The van der Waals surface area contributed by atoms with E-state index in [0.717, 1.165) is 5.56 Å². The van der Waals surface area contributed by atoms with Crippen LogP contribution in [0.4, 0.5) is 8.78 Å². The molecule has 0 spiro atoms. The van der Waals surface area contributed by atoms with Crippen LogP contribution < -0.4 is 9.47 Å². The summed E-state index contributed by atoms with van der Waals surface area (Å²) >= 11 is 0. The van der Waals surface area contributed by atoms with E-state index in [0.29, 0.717) is 39.4 Å². The molecule has 0 aliphatic carbocycles. The van der Waals surface area contributed by atoms with Crippen LogP contribution in [-0.2, 0) is 6.54 Å². The van der Waals surface area contributed by atoms with Crippen molar-refractivity contribution in [1.29, 1.82) is 0 Å². The summed E-state index contributed by atoms with van der Waals surface area (Å²) in [5.41, 5.74) is 3.24. The van der Waals surface area contributed by atoms with E-state index in [1.807, 2.05) is 30.3 Å². The summed E-state index contributed by atoms with van der Waals surface area (Å²) in [6, 6.07) is 12.9. The Morgan fingerprint density at radius 3 is 2.38 bits per heavy atom. The lowest BCUT2D eigenvalue weighted by Crippen LogP contribution is -2.06. The smallest absolute Gasteiger partial charge is 0.257 e. The Balaban J connectivity index is 1.96. The van der Waals surface area contributed by atoms with Gasteiger partial charge in [-0.15, -0.1) is 0 Å². The Morgan fingerprint density at radius 1 is 0.966 bits per heavy atom. The Kier molecular flexibility index (Phi) is 5.07. The van der Waals surface area contributed by atoms with E-state index < -0.39 is 13.0 Å². The molecule has 0 aliphatic rings. The van der Waals surface area contributed by atoms with Crippen molar-refractivity contribution in [3.63, 3.8) is 0 Å². The van der Waals surface area contributed by atoms with Gasteiger partial charge in [-0.1, -0.05) is 30.3 Å². The second kappa shape index (κ2) is 7.83. The maximum Gasteiger partial charge on any atom is 0.257 e. The Hall–Kier alpha value is -3.55. The van der Waals surface area contributed by atoms with Crippen LogP contribution in [0, 0.1) is 0 Å². The summed E-state index contributed by atoms with van der Waals surface area (Å²) in [7, 11) is 3.09. The summed E-state index contributed by atoms with van der Waals surface area (Å²) in [5.74, 6) is 1.07. The van der Waals surface area contributed by atoms with Crippen LogP contribution in [0.15, 0.2) is 55.0 Å². The van der Waals surface area contributed by atoms with Crippen molar-refractivity contribution < 1.29 is 18.3 Å². The molecule has 8 heteroatoms. The lowest BCUT2D eigenvalue weighted by atomic mass is 10.0. The number of hydrogen-bond acceptors (Lipinski definition) is 5. The molecule has 2 aromatic carbocycles. The molecule has 0 N–H and O–H groups in total. The summed E-state index contributed by atoms with van der Waals surface area (Å²) in [6.07, 6.45) is 0.508. The normalized spacial score (nSPS) is 11.2. The van der Waals surface area contributed by atoms with Gasteiger partial charge in [0.05, 0.1) is 25.4 Å². The second-order valence-corrected chi connectivity index (χ2v) is 6.32. The van der Waals surface area contributed by atoms with Crippen molar-refractivity contribution in [1.82, 2.24) is 19.7 Å². The molecule has 0 atom stereocenters. The fraction of sp³-hybridized carbons (Fsp3) is 0.190. The number of fused-ring (bicyclic) bond motifs is 1. The van der Waals surface area contributed by atoms with Gasteiger partial charge in [0, 0.05) is 28.8 Å². The van der Waals surface area contributed by atoms with Crippen molar-refractivity contribution in [3.8, 4) is 34.0 Å². The number of aromatic nitrogens is 4. The van der Waals surface area contributed by atoms with Crippen molar-refractivity contribution in [2.24, 2.45) is 0 Å². The van der Waals surface area contributed by atoms with Crippen LogP contribution >= 0.6 is 0 Å². The molecule has 148 valence electrons. The molecule has 0 unspecified atom stereocenters. The van der Waals surface area contributed by atoms with E-state index in [2.05, 4.69) is 15.1 Å². The average Bonchev–Trinajstić information content (AvgIpc) is 3.15. The first-order valence-corrected chi connectivity index (χ1v) is 8.89. The maximum absolute atomic E-state index is 13.0. The molecule has 0 amide bonds. The van der Waals surface area contributed by atoms with Gasteiger partial charge in [0.1, 0.15) is 18.6 Å². The predicted molar refractivity (Wildman–Crippen MR) is 105 cm³/mol. The molecule has 4 rings (SSSR count). The van der Waals surface area contributed by atoms with Gasteiger partial charge in [-0.25, -0.2) is 18.7 Å². The molecule has 4 aromatic rings. The number of benzene rings is 2. The first-order valence-electron chi connectivity index (χ1n) is 8.89. The van der Waals surface area contributed by atoms with E-state index in [4.69, 9.17) is 9.47 Å². The number of methoxy groups -OCH3 is 2. The van der Waals surface area contributed by atoms with Gasteiger partial charge in [0.15, 0.2) is 11.5 Å². The number of nitrogens with zero attached hydrogens (tertiary/aromatic N) is 4. The molecule has 0 fully saturated rings. The number of hydrogen-bond donors (Lipinski definition) is 0. The first-order chi connectivity index (χ1) is 14.1. The maximum atomic E-state index is 13.0. The third-order valence-electron chi connectivity index (χ3n) is 4.53. The lowest BCUT2D eigenvalue weighted by molar-refractivity contribution is 0.122. The van der Waals surface area contributed by atoms with E-state index in [1.54, 1.807) is 32.5 Å². The average molecular weight is 396 g/mol. The fourth-order valence-electron chi connectivity index (χ4n) is 3.24. The third kappa shape index (κ3) is 3.61. The SMILES string of the molecule is COc1cc2ncnc(-c3cn(CC(F)F)nc3-c3ccccc3)c2cc1OC. The first kappa shape index (κ1) is 18.8. The van der Waals surface area contributed by atoms with Gasteiger partial charge in [-0.2, -0.15) is 5.10 Å². The van der Waals surface area contributed by atoms with Crippen LogP contribution in [0.25, 0.3) is 33.4 Å². The zero-order valence-corrected chi connectivity index (χ0v) is 15.8. The lowest BCUT2D eigenvalue weighted by Gasteiger charge is -2.11. The van der Waals surface area contributed by atoms with Gasteiger partial charge < -0.3 is 9.47 Å². The van der Waals surface area contributed by atoms with Crippen LogP contribution in [0.5, 0.6) is 11.5 Å². The highest BCUT2D eigenvalue weighted by Gasteiger charge is 2.19. The van der Waals surface area contributed by atoms with Gasteiger partial charge >= 0.3 is 0 Å². The van der Waals surface area contributed by atoms with E-state index in [9.17, 15) is 8.78 Å². The molecule has 2 heterocycles. The molecule has 0 saturated carbocycles. The van der Waals surface area contributed by atoms with Crippen LogP contribution in [-0.4, -0.2) is 40.4 Å². The van der Waals surface area contributed by atoms with E-state index in [1.165, 1.54) is 11.0 Å². The molecule has 0 bridgehead atoms. The van der Waals surface area contributed by atoms with Gasteiger partial charge in [0.25, 0.3) is 6.43 Å². The highest BCUT2D eigenvalue weighted by atomic mass is 19.3. The molecule has 0 saturated heterocycles. The van der Waals surface area contributed by atoms with Gasteiger partial charge in [-0.3, -0.25) is 4.68 Å². The summed E-state index contributed by atoms with van der Waals surface area (Å²) in [4.78, 5) is 8.75. The summed E-state index contributed by atoms with van der Waals surface area (Å²) in [6.45, 7) is -0.500. The minimum Gasteiger partial charge on any atom is -0.493 e. The van der Waals surface area contributed by atoms with Crippen molar-refractivity contribution in [3.05, 3.63) is 55.0 Å². The number of halogens is 2. The highest BCUT2D eigenvalue weighted by Crippen LogP contribution is 2.38. The zero-order chi connectivity index (χ0) is 20.4. The molecular weight excluding hydrogens is 378 g/mol. The Bertz CT molecular complexity index is 1150. The number of ether oxygens (including phenoxy) is 2. The standard InChI is InChI=1S/C21H18F2N4O2/c1-28-17-8-14-16(9-18(17)29-2)24-12-25-21(14)15-10-27(11-19(22)23)26-20(15)13-6-4-3-5-7-13/h3-10,12,19H,11H2,1-2H3. The molecule has 0 aliphatic heterocycles.